The molecule has 3 aromatic rings. The monoisotopic (exact) mass is 379 g/mol. The first-order valence-corrected chi connectivity index (χ1v) is 8.73. The number of nitrogens with zero attached hydrogens (tertiary/aromatic N) is 4. The molecule has 0 saturated carbocycles. The molecule has 1 aromatic heterocycles. The maximum atomic E-state index is 12.2. The van der Waals surface area contributed by atoms with Crippen LogP contribution in [-0.2, 0) is 11.8 Å². The van der Waals surface area contributed by atoms with E-state index in [2.05, 4.69) is 20.8 Å². The fourth-order valence-electron chi connectivity index (χ4n) is 2.60. The summed E-state index contributed by atoms with van der Waals surface area (Å²) in [6.45, 7) is 2.47. The van der Waals surface area contributed by atoms with Gasteiger partial charge in [0.05, 0.1) is 13.7 Å². The van der Waals surface area contributed by atoms with Crippen LogP contribution in [0, 0.1) is 0 Å². The molecule has 0 atom stereocenters. The number of anilines is 1. The van der Waals surface area contributed by atoms with Crippen molar-refractivity contribution in [2.45, 2.75) is 6.92 Å². The number of aromatic nitrogens is 4. The van der Waals surface area contributed by atoms with Crippen molar-refractivity contribution in [2.75, 3.05) is 19.0 Å². The van der Waals surface area contributed by atoms with Gasteiger partial charge >= 0.3 is 0 Å². The van der Waals surface area contributed by atoms with Crippen LogP contribution < -0.4 is 14.8 Å². The lowest BCUT2D eigenvalue weighted by atomic mass is 10.1. The molecule has 0 aliphatic rings. The minimum Gasteiger partial charge on any atom is -0.493 e. The van der Waals surface area contributed by atoms with Crippen molar-refractivity contribution >= 4 is 17.7 Å². The Kier molecular flexibility index (Phi) is 6.01. The molecule has 28 heavy (non-hydrogen) atoms. The SMILES string of the molecule is CCOc1ccc(/C=C/C(=O)Nc2ccc(-c3nnnn3C)cc2)cc1OC. The highest BCUT2D eigenvalue weighted by molar-refractivity contribution is 6.02. The van der Waals surface area contributed by atoms with E-state index in [1.165, 1.54) is 6.08 Å². The van der Waals surface area contributed by atoms with Crippen LogP contribution in [0.25, 0.3) is 17.5 Å². The highest BCUT2D eigenvalue weighted by atomic mass is 16.5. The van der Waals surface area contributed by atoms with E-state index in [1.54, 1.807) is 37.0 Å². The second-order valence-electron chi connectivity index (χ2n) is 5.87. The number of ether oxygens (including phenoxy) is 2. The van der Waals surface area contributed by atoms with Gasteiger partial charge in [0.2, 0.25) is 5.91 Å². The molecule has 0 fully saturated rings. The van der Waals surface area contributed by atoms with Gasteiger partial charge in [0.1, 0.15) is 0 Å². The van der Waals surface area contributed by atoms with E-state index in [9.17, 15) is 4.79 Å². The van der Waals surface area contributed by atoms with E-state index < -0.39 is 0 Å². The third kappa shape index (κ3) is 4.53. The van der Waals surface area contributed by atoms with Gasteiger partial charge in [-0.05, 0) is 65.4 Å². The third-order valence-corrected chi connectivity index (χ3v) is 3.95. The van der Waals surface area contributed by atoms with E-state index >= 15 is 0 Å². The van der Waals surface area contributed by atoms with Crippen molar-refractivity contribution in [3.63, 3.8) is 0 Å². The molecule has 0 aliphatic heterocycles. The molecule has 1 amide bonds. The van der Waals surface area contributed by atoms with E-state index in [0.29, 0.717) is 29.6 Å². The molecular formula is C20H21N5O3. The number of hydrogen-bond donors (Lipinski definition) is 1. The van der Waals surface area contributed by atoms with Crippen molar-refractivity contribution in [2.24, 2.45) is 7.05 Å². The summed E-state index contributed by atoms with van der Waals surface area (Å²) in [4.78, 5) is 12.2. The molecule has 8 nitrogen and oxygen atoms in total. The van der Waals surface area contributed by atoms with Crippen LogP contribution in [0.5, 0.6) is 11.5 Å². The first kappa shape index (κ1) is 19.1. The maximum Gasteiger partial charge on any atom is 0.248 e. The molecule has 3 rings (SSSR count). The molecule has 0 unspecified atom stereocenters. The Morgan fingerprint density at radius 2 is 1.96 bits per heavy atom. The summed E-state index contributed by atoms with van der Waals surface area (Å²) >= 11 is 0. The van der Waals surface area contributed by atoms with E-state index in [1.807, 2.05) is 37.3 Å². The molecule has 0 radical (unpaired) electrons. The Balaban J connectivity index is 1.64. The Morgan fingerprint density at radius 3 is 2.61 bits per heavy atom. The maximum absolute atomic E-state index is 12.2. The van der Waals surface area contributed by atoms with Gasteiger partial charge in [-0.25, -0.2) is 4.68 Å². The molecule has 1 N–H and O–H groups in total. The summed E-state index contributed by atoms with van der Waals surface area (Å²) < 4.78 is 12.4. The van der Waals surface area contributed by atoms with Crippen LogP contribution in [0.4, 0.5) is 5.69 Å². The van der Waals surface area contributed by atoms with Crippen molar-refractivity contribution < 1.29 is 14.3 Å². The summed E-state index contributed by atoms with van der Waals surface area (Å²) in [6, 6.07) is 12.8. The summed E-state index contributed by atoms with van der Waals surface area (Å²) in [5.74, 6) is 1.71. The third-order valence-electron chi connectivity index (χ3n) is 3.95. The van der Waals surface area contributed by atoms with Crippen LogP contribution in [0.15, 0.2) is 48.5 Å². The average Bonchev–Trinajstić information content (AvgIpc) is 3.14. The minimum atomic E-state index is -0.235. The molecular weight excluding hydrogens is 358 g/mol. The molecule has 2 aromatic carbocycles. The lowest BCUT2D eigenvalue weighted by Gasteiger charge is -2.09. The summed E-state index contributed by atoms with van der Waals surface area (Å²) in [5.41, 5.74) is 2.38. The summed E-state index contributed by atoms with van der Waals surface area (Å²) in [7, 11) is 3.35. The highest BCUT2D eigenvalue weighted by Gasteiger charge is 2.07. The van der Waals surface area contributed by atoms with Crippen molar-refractivity contribution in [1.82, 2.24) is 20.2 Å². The normalized spacial score (nSPS) is 10.8. The molecule has 0 bridgehead atoms. The number of benzene rings is 2. The number of amides is 1. The number of carbonyl (C=O) groups is 1. The average molecular weight is 379 g/mol. The van der Waals surface area contributed by atoms with Gasteiger partial charge in [0.25, 0.3) is 0 Å². The van der Waals surface area contributed by atoms with Crippen LogP contribution in [0.2, 0.25) is 0 Å². The number of nitrogens with one attached hydrogen (secondary N) is 1. The van der Waals surface area contributed by atoms with Crippen molar-refractivity contribution in [1.29, 1.82) is 0 Å². The zero-order chi connectivity index (χ0) is 19.9. The van der Waals surface area contributed by atoms with Gasteiger partial charge in [-0.3, -0.25) is 4.79 Å². The van der Waals surface area contributed by atoms with Gasteiger partial charge in [0, 0.05) is 24.4 Å². The number of rotatable bonds is 7. The molecule has 0 saturated heterocycles. The van der Waals surface area contributed by atoms with Gasteiger partial charge < -0.3 is 14.8 Å². The van der Waals surface area contributed by atoms with Crippen molar-refractivity contribution in [3.8, 4) is 22.9 Å². The molecule has 8 heteroatoms. The number of tetrazole rings is 1. The molecule has 0 aliphatic carbocycles. The minimum absolute atomic E-state index is 0.235. The Bertz CT molecular complexity index is 980. The van der Waals surface area contributed by atoms with E-state index in [-0.39, 0.29) is 5.91 Å². The smallest absolute Gasteiger partial charge is 0.248 e. The Morgan fingerprint density at radius 1 is 1.18 bits per heavy atom. The molecule has 144 valence electrons. The largest absolute Gasteiger partial charge is 0.493 e. The fourth-order valence-corrected chi connectivity index (χ4v) is 2.60. The lowest BCUT2D eigenvalue weighted by Crippen LogP contribution is -2.07. The van der Waals surface area contributed by atoms with Crippen LogP contribution in [0.3, 0.4) is 0 Å². The van der Waals surface area contributed by atoms with Gasteiger partial charge in [-0.15, -0.1) is 5.10 Å². The second-order valence-corrected chi connectivity index (χ2v) is 5.87. The zero-order valence-electron chi connectivity index (χ0n) is 15.9. The summed E-state index contributed by atoms with van der Waals surface area (Å²) in [5, 5.41) is 14.2. The highest BCUT2D eigenvalue weighted by Crippen LogP contribution is 2.28. The Hall–Kier alpha value is -3.68. The van der Waals surface area contributed by atoms with E-state index in [0.717, 1.165) is 11.1 Å². The van der Waals surface area contributed by atoms with Crippen molar-refractivity contribution in [3.05, 3.63) is 54.1 Å². The fraction of sp³-hybridized carbons (Fsp3) is 0.200. The quantitative estimate of drug-likeness (QED) is 0.635. The first-order valence-electron chi connectivity index (χ1n) is 8.73. The predicted molar refractivity (Wildman–Crippen MR) is 106 cm³/mol. The van der Waals surface area contributed by atoms with Crippen LogP contribution in [-0.4, -0.2) is 39.8 Å². The number of carbonyl (C=O) groups excluding carboxylic acids is 1. The van der Waals surface area contributed by atoms with Crippen LogP contribution >= 0.6 is 0 Å². The predicted octanol–water partition coefficient (Wildman–Crippen LogP) is 2.94. The number of methoxy groups -OCH3 is 1. The number of aryl methyl sites for hydroxylation is 1. The zero-order valence-corrected chi connectivity index (χ0v) is 15.9. The first-order chi connectivity index (χ1) is 13.6. The van der Waals surface area contributed by atoms with Gasteiger partial charge in [-0.2, -0.15) is 0 Å². The summed E-state index contributed by atoms with van der Waals surface area (Å²) in [6.07, 6.45) is 3.18. The standard InChI is InChI=1S/C20H21N5O3/c1-4-28-17-11-5-14(13-18(17)27-3)6-12-19(26)21-16-9-7-15(8-10-16)20-22-23-24-25(20)2/h5-13H,4H2,1-3H3,(H,21,26)/b12-6+. The van der Waals surface area contributed by atoms with E-state index in [4.69, 9.17) is 9.47 Å². The number of hydrogen-bond acceptors (Lipinski definition) is 6. The molecule has 1 heterocycles. The topological polar surface area (TPSA) is 91.2 Å². The Labute approximate surface area is 162 Å². The second kappa shape index (κ2) is 8.81. The van der Waals surface area contributed by atoms with Gasteiger partial charge in [0.15, 0.2) is 17.3 Å². The lowest BCUT2D eigenvalue weighted by molar-refractivity contribution is -0.111. The molecule has 0 spiro atoms. The van der Waals surface area contributed by atoms with Gasteiger partial charge in [-0.1, -0.05) is 6.07 Å². The van der Waals surface area contributed by atoms with Crippen LogP contribution in [0.1, 0.15) is 12.5 Å².